The predicted octanol–water partition coefficient (Wildman–Crippen LogP) is 3.48. The Kier molecular flexibility index (Phi) is 4.18. The number of hydrogen-bond acceptors (Lipinski definition) is 6. The van der Waals surface area contributed by atoms with Gasteiger partial charge in [-0.15, -0.1) is 4.73 Å². The van der Waals surface area contributed by atoms with Crippen LogP contribution in [0.3, 0.4) is 0 Å². The molecule has 0 aliphatic carbocycles. The fraction of sp³-hybridized carbons (Fsp3) is 0.0500. The van der Waals surface area contributed by atoms with Crippen molar-refractivity contribution >= 4 is 28.2 Å². The molecule has 0 bridgehead atoms. The van der Waals surface area contributed by atoms with E-state index in [1.807, 2.05) is 49.5 Å². The number of pyridine rings is 1. The molecule has 0 unspecified atom stereocenters. The zero-order valence-corrected chi connectivity index (χ0v) is 14.5. The van der Waals surface area contributed by atoms with Crippen LogP contribution < -0.4 is 16.3 Å². The molecule has 0 radical (unpaired) electrons. The largest absolute Gasteiger partial charge is 0.422 e. The second-order valence-electron chi connectivity index (χ2n) is 5.97. The van der Waals surface area contributed by atoms with E-state index in [0.29, 0.717) is 15.9 Å². The van der Waals surface area contributed by atoms with Crippen LogP contribution >= 0.6 is 0 Å². The van der Waals surface area contributed by atoms with Crippen LogP contribution in [0.25, 0.3) is 22.2 Å². The minimum Gasteiger partial charge on any atom is -0.422 e. The molecule has 4 rings (SSSR count). The van der Waals surface area contributed by atoms with Gasteiger partial charge in [-0.05, 0) is 47.5 Å². The van der Waals surface area contributed by atoms with Gasteiger partial charge in [0.2, 0.25) is 0 Å². The lowest BCUT2D eigenvalue weighted by Gasteiger charge is -2.11. The molecule has 4 aromatic rings. The molecular formula is C20H17N5O2. The second kappa shape index (κ2) is 6.80. The average Bonchev–Trinajstić information content (AvgIpc) is 2.72. The third-order valence-electron chi connectivity index (χ3n) is 4.24. The van der Waals surface area contributed by atoms with Gasteiger partial charge >= 0.3 is 5.69 Å². The first kappa shape index (κ1) is 16.6. The van der Waals surface area contributed by atoms with E-state index < -0.39 is 5.69 Å². The second-order valence-corrected chi connectivity index (χ2v) is 5.97. The molecule has 0 fully saturated rings. The van der Waals surface area contributed by atoms with Crippen LogP contribution in [0.1, 0.15) is 0 Å². The highest BCUT2D eigenvalue weighted by Crippen LogP contribution is 2.27. The summed E-state index contributed by atoms with van der Waals surface area (Å²) in [6, 6.07) is 19.3. The van der Waals surface area contributed by atoms with E-state index in [4.69, 9.17) is 0 Å². The van der Waals surface area contributed by atoms with Gasteiger partial charge in [0.05, 0.1) is 5.39 Å². The van der Waals surface area contributed by atoms with Gasteiger partial charge in [-0.1, -0.05) is 24.3 Å². The van der Waals surface area contributed by atoms with Crippen LogP contribution in [0.4, 0.5) is 17.2 Å². The van der Waals surface area contributed by atoms with Crippen molar-refractivity contribution in [1.82, 2.24) is 14.7 Å². The molecule has 0 atom stereocenters. The molecule has 0 amide bonds. The quantitative estimate of drug-likeness (QED) is 0.483. The molecule has 7 heteroatoms. The Bertz CT molecular complexity index is 1190. The lowest BCUT2D eigenvalue weighted by Crippen LogP contribution is -2.23. The fourth-order valence-electron chi connectivity index (χ4n) is 2.91. The number of benzene rings is 2. The Balaban J connectivity index is 1.75. The van der Waals surface area contributed by atoms with Crippen LogP contribution in [-0.2, 0) is 0 Å². The molecule has 2 heterocycles. The smallest absolute Gasteiger partial charge is 0.384 e. The summed E-state index contributed by atoms with van der Waals surface area (Å²) in [6.07, 6.45) is 1.51. The van der Waals surface area contributed by atoms with E-state index in [0.717, 1.165) is 22.5 Å². The summed E-state index contributed by atoms with van der Waals surface area (Å²) in [7, 11) is 1.88. The van der Waals surface area contributed by atoms with Gasteiger partial charge in [0.15, 0.2) is 5.65 Å². The third-order valence-corrected chi connectivity index (χ3v) is 4.24. The van der Waals surface area contributed by atoms with Crippen molar-refractivity contribution in [3.63, 3.8) is 0 Å². The molecule has 0 aliphatic heterocycles. The minimum atomic E-state index is -0.790. The number of fused-ring (bicyclic) bond motifs is 1. The number of aromatic nitrogens is 3. The first-order valence-corrected chi connectivity index (χ1v) is 8.38. The molecule has 134 valence electrons. The molecule has 0 spiro atoms. The molecule has 0 saturated heterocycles. The summed E-state index contributed by atoms with van der Waals surface area (Å²) in [5, 5.41) is 16.7. The Morgan fingerprint density at radius 3 is 2.41 bits per heavy atom. The molecule has 3 N–H and O–H groups in total. The average molecular weight is 359 g/mol. The van der Waals surface area contributed by atoms with E-state index in [9.17, 15) is 10.0 Å². The molecule has 27 heavy (non-hydrogen) atoms. The fourth-order valence-corrected chi connectivity index (χ4v) is 2.91. The summed E-state index contributed by atoms with van der Waals surface area (Å²) in [5.74, 6) is 0.342. The summed E-state index contributed by atoms with van der Waals surface area (Å²) in [6.45, 7) is 0. The van der Waals surface area contributed by atoms with Crippen molar-refractivity contribution in [3.8, 4) is 11.1 Å². The molecule has 7 nitrogen and oxygen atoms in total. The first-order valence-electron chi connectivity index (χ1n) is 8.38. The van der Waals surface area contributed by atoms with Crippen LogP contribution in [0.15, 0.2) is 71.7 Å². The number of rotatable bonds is 4. The Morgan fingerprint density at radius 1 is 0.963 bits per heavy atom. The zero-order chi connectivity index (χ0) is 18.8. The number of nitrogens with zero attached hydrogens (tertiary/aromatic N) is 3. The lowest BCUT2D eigenvalue weighted by molar-refractivity contribution is 0.182. The molecular weight excluding hydrogens is 342 g/mol. The normalized spacial score (nSPS) is 10.7. The van der Waals surface area contributed by atoms with Gasteiger partial charge in [-0.3, -0.25) is 0 Å². The van der Waals surface area contributed by atoms with Crippen molar-refractivity contribution in [3.05, 3.63) is 77.3 Å². The highest BCUT2D eigenvalue weighted by Gasteiger charge is 2.11. The van der Waals surface area contributed by atoms with E-state index in [1.54, 1.807) is 12.1 Å². The topological polar surface area (TPSA) is 92.1 Å². The van der Waals surface area contributed by atoms with Crippen molar-refractivity contribution in [2.24, 2.45) is 0 Å². The van der Waals surface area contributed by atoms with Crippen LogP contribution in [0.2, 0.25) is 0 Å². The SMILES string of the molecule is CNc1cccc(-c2cccc(Nc3nc(=O)n(O)c4ncccc34)c2)c1. The monoisotopic (exact) mass is 359 g/mol. The van der Waals surface area contributed by atoms with Gasteiger partial charge in [-0.2, -0.15) is 4.98 Å². The summed E-state index contributed by atoms with van der Waals surface area (Å²) >= 11 is 0. The third kappa shape index (κ3) is 3.18. The molecule has 2 aromatic carbocycles. The van der Waals surface area contributed by atoms with Crippen molar-refractivity contribution < 1.29 is 5.21 Å². The standard InChI is InChI=1S/C20H17N5O2/c1-21-15-7-2-5-13(11-15)14-6-3-8-16(12-14)23-18-17-9-4-10-22-19(17)25(27)20(26)24-18/h2-12,21,27H,1H3,(H,23,24,26). The minimum absolute atomic E-state index is 0.151. The van der Waals surface area contributed by atoms with Crippen LogP contribution in [0.5, 0.6) is 0 Å². The number of hydrogen-bond donors (Lipinski definition) is 3. The lowest BCUT2D eigenvalue weighted by atomic mass is 10.0. The molecule has 0 saturated carbocycles. The Morgan fingerprint density at radius 2 is 1.67 bits per heavy atom. The van der Waals surface area contributed by atoms with Crippen molar-refractivity contribution in [2.75, 3.05) is 17.7 Å². The summed E-state index contributed by atoms with van der Waals surface area (Å²) in [5.41, 5.74) is 3.25. The van der Waals surface area contributed by atoms with Crippen LogP contribution in [0, 0.1) is 0 Å². The van der Waals surface area contributed by atoms with Crippen molar-refractivity contribution in [2.45, 2.75) is 0 Å². The molecule has 2 aromatic heterocycles. The van der Waals surface area contributed by atoms with Gasteiger partial charge in [0, 0.05) is 24.6 Å². The van der Waals surface area contributed by atoms with Gasteiger partial charge < -0.3 is 15.8 Å². The van der Waals surface area contributed by atoms with Crippen LogP contribution in [-0.4, -0.2) is 27.0 Å². The van der Waals surface area contributed by atoms with Crippen molar-refractivity contribution in [1.29, 1.82) is 0 Å². The highest BCUT2D eigenvalue weighted by molar-refractivity contribution is 5.88. The van der Waals surface area contributed by atoms with Gasteiger partial charge in [-0.25, -0.2) is 9.78 Å². The van der Waals surface area contributed by atoms with E-state index >= 15 is 0 Å². The Labute approximate surface area is 154 Å². The number of nitrogens with one attached hydrogen (secondary N) is 2. The zero-order valence-electron chi connectivity index (χ0n) is 14.5. The summed E-state index contributed by atoms with van der Waals surface area (Å²) in [4.78, 5) is 19.9. The Hall–Kier alpha value is -3.87. The maximum Gasteiger partial charge on any atom is 0.384 e. The van der Waals surface area contributed by atoms with E-state index in [-0.39, 0.29) is 5.65 Å². The van der Waals surface area contributed by atoms with Gasteiger partial charge in [0.25, 0.3) is 0 Å². The maximum atomic E-state index is 11.9. The highest BCUT2D eigenvalue weighted by atomic mass is 16.5. The number of anilines is 3. The van der Waals surface area contributed by atoms with Gasteiger partial charge in [0.1, 0.15) is 5.82 Å². The van der Waals surface area contributed by atoms with E-state index in [2.05, 4.69) is 26.7 Å². The summed E-state index contributed by atoms with van der Waals surface area (Å²) < 4.78 is 0.445. The van der Waals surface area contributed by atoms with E-state index in [1.165, 1.54) is 6.20 Å². The maximum absolute atomic E-state index is 11.9. The first-order chi connectivity index (χ1) is 13.2. The predicted molar refractivity (Wildman–Crippen MR) is 106 cm³/mol. The molecule has 0 aliphatic rings.